The topological polar surface area (TPSA) is 50.2 Å². The molecule has 1 atom stereocenters. The molecule has 0 saturated carbocycles. The van der Waals surface area contributed by atoms with Gasteiger partial charge >= 0.3 is 0 Å². The Morgan fingerprint density at radius 3 is 2.56 bits per heavy atom. The van der Waals surface area contributed by atoms with Crippen LogP contribution in [0.5, 0.6) is 0 Å². The van der Waals surface area contributed by atoms with Crippen molar-refractivity contribution in [3.63, 3.8) is 0 Å². The van der Waals surface area contributed by atoms with Gasteiger partial charge in [0, 0.05) is 32.4 Å². The second-order valence-electron chi connectivity index (χ2n) is 4.98. The summed E-state index contributed by atoms with van der Waals surface area (Å²) < 4.78 is 1.73. The third-order valence-electron chi connectivity index (χ3n) is 3.37. The summed E-state index contributed by atoms with van der Waals surface area (Å²) in [6.07, 6.45) is 6.60. The highest BCUT2D eigenvalue weighted by Crippen LogP contribution is 2.12. The molecule has 5 heteroatoms. The first kappa shape index (κ1) is 12.9. The van der Waals surface area contributed by atoms with Crippen LogP contribution in [0.3, 0.4) is 0 Å². The van der Waals surface area contributed by atoms with E-state index in [4.69, 9.17) is 0 Å². The van der Waals surface area contributed by atoms with E-state index in [0.717, 1.165) is 31.7 Å². The summed E-state index contributed by atoms with van der Waals surface area (Å²) in [7, 11) is 1.87. The summed E-state index contributed by atoms with van der Waals surface area (Å²) in [6, 6.07) is 1.67. The van der Waals surface area contributed by atoms with E-state index in [9.17, 15) is 4.79 Å². The van der Waals surface area contributed by atoms with Crippen molar-refractivity contribution in [2.75, 3.05) is 18.4 Å². The van der Waals surface area contributed by atoms with Gasteiger partial charge in [0.1, 0.15) is 11.9 Å². The molecule has 2 rings (SSSR count). The van der Waals surface area contributed by atoms with Gasteiger partial charge in [-0.05, 0) is 19.8 Å². The van der Waals surface area contributed by atoms with Crippen LogP contribution in [0, 0.1) is 0 Å². The zero-order chi connectivity index (χ0) is 13.0. The summed E-state index contributed by atoms with van der Waals surface area (Å²) >= 11 is 0. The number of hydrogen-bond donors (Lipinski definition) is 1. The molecule has 0 spiro atoms. The number of rotatable bonds is 3. The lowest BCUT2D eigenvalue weighted by Crippen LogP contribution is -2.41. The molecular formula is C13H22N4O. The highest BCUT2D eigenvalue weighted by atomic mass is 16.2. The molecule has 1 saturated heterocycles. The minimum absolute atomic E-state index is 0.183. The van der Waals surface area contributed by atoms with E-state index >= 15 is 0 Å². The lowest BCUT2D eigenvalue weighted by Gasteiger charge is -2.24. The van der Waals surface area contributed by atoms with E-state index in [2.05, 4.69) is 10.4 Å². The third kappa shape index (κ3) is 3.24. The second-order valence-corrected chi connectivity index (χ2v) is 4.98. The van der Waals surface area contributed by atoms with Crippen molar-refractivity contribution in [3.05, 3.63) is 12.3 Å². The second kappa shape index (κ2) is 5.89. The molecule has 2 heterocycles. The number of carbonyl (C=O) groups is 1. The van der Waals surface area contributed by atoms with Crippen molar-refractivity contribution >= 4 is 11.7 Å². The fourth-order valence-corrected chi connectivity index (χ4v) is 2.34. The largest absolute Gasteiger partial charge is 0.357 e. The summed E-state index contributed by atoms with van der Waals surface area (Å²) in [6.45, 7) is 3.70. The summed E-state index contributed by atoms with van der Waals surface area (Å²) in [5, 5.41) is 7.39. The lowest BCUT2D eigenvalue weighted by atomic mass is 10.2. The van der Waals surface area contributed by atoms with Gasteiger partial charge < -0.3 is 10.2 Å². The quantitative estimate of drug-likeness (QED) is 0.887. The van der Waals surface area contributed by atoms with E-state index < -0.39 is 0 Å². The minimum atomic E-state index is -0.210. The standard InChI is InChI=1S/C13H22N4O/c1-11(14-12-7-10-16(2)15-12)13(18)17-8-5-3-4-6-9-17/h7,10-11H,3-6,8-9H2,1-2H3,(H,14,15). The van der Waals surface area contributed by atoms with Crippen molar-refractivity contribution in [1.82, 2.24) is 14.7 Å². The van der Waals surface area contributed by atoms with Gasteiger partial charge in [0.15, 0.2) is 0 Å². The predicted octanol–water partition coefficient (Wildman–Crippen LogP) is 1.62. The third-order valence-corrected chi connectivity index (χ3v) is 3.37. The number of aromatic nitrogens is 2. The van der Waals surface area contributed by atoms with Gasteiger partial charge in [-0.3, -0.25) is 9.48 Å². The fraction of sp³-hybridized carbons (Fsp3) is 0.692. The number of carbonyl (C=O) groups excluding carboxylic acids is 1. The molecule has 0 radical (unpaired) electrons. The first-order chi connectivity index (χ1) is 8.66. The van der Waals surface area contributed by atoms with Crippen molar-refractivity contribution in [2.45, 2.75) is 38.6 Å². The molecule has 1 aliphatic rings. The Morgan fingerprint density at radius 1 is 1.33 bits per heavy atom. The number of nitrogens with zero attached hydrogens (tertiary/aromatic N) is 3. The predicted molar refractivity (Wildman–Crippen MR) is 71.3 cm³/mol. The van der Waals surface area contributed by atoms with E-state index in [-0.39, 0.29) is 11.9 Å². The normalized spacial score (nSPS) is 18.2. The number of hydrogen-bond acceptors (Lipinski definition) is 3. The van der Waals surface area contributed by atoms with E-state index in [1.54, 1.807) is 4.68 Å². The van der Waals surface area contributed by atoms with Gasteiger partial charge in [0.05, 0.1) is 0 Å². The lowest BCUT2D eigenvalue weighted by molar-refractivity contribution is -0.131. The van der Waals surface area contributed by atoms with Crippen LogP contribution in [0.2, 0.25) is 0 Å². The zero-order valence-electron chi connectivity index (χ0n) is 11.2. The van der Waals surface area contributed by atoms with Crippen LogP contribution in [0.25, 0.3) is 0 Å². The molecule has 1 unspecified atom stereocenters. The average molecular weight is 250 g/mol. The Hall–Kier alpha value is -1.52. The molecule has 1 amide bonds. The van der Waals surface area contributed by atoms with Gasteiger partial charge in [0.25, 0.3) is 0 Å². The number of amides is 1. The summed E-state index contributed by atoms with van der Waals surface area (Å²) in [5.74, 6) is 0.940. The maximum atomic E-state index is 12.3. The van der Waals surface area contributed by atoms with Gasteiger partial charge in [-0.15, -0.1) is 0 Å². The summed E-state index contributed by atoms with van der Waals surface area (Å²) in [4.78, 5) is 14.3. The number of nitrogens with one attached hydrogen (secondary N) is 1. The molecule has 0 bridgehead atoms. The van der Waals surface area contributed by atoms with Crippen LogP contribution in [-0.4, -0.2) is 39.7 Å². The Balaban J connectivity index is 1.91. The molecule has 0 aromatic carbocycles. The van der Waals surface area contributed by atoms with Crippen molar-refractivity contribution in [2.24, 2.45) is 7.05 Å². The summed E-state index contributed by atoms with van der Waals surface area (Å²) in [5.41, 5.74) is 0. The Kier molecular flexibility index (Phi) is 4.23. The SMILES string of the molecule is CC(Nc1ccn(C)n1)C(=O)N1CCCCCC1. The van der Waals surface area contributed by atoms with Crippen LogP contribution in [0.4, 0.5) is 5.82 Å². The van der Waals surface area contributed by atoms with Crippen LogP contribution >= 0.6 is 0 Å². The van der Waals surface area contributed by atoms with Crippen molar-refractivity contribution < 1.29 is 4.79 Å². The fourth-order valence-electron chi connectivity index (χ4n) is 2.34. The van der Waals surface area contributed by atoms with Crippen LogP contribution in [-0.2, 0) is 11.8 Å². The maximum Gasteiger partial charge on any atom is 0.244 e. The van der Waals surface area contributed by atoms with Crippen LogP contribution in [0.15, 0.2) is 12.3 Å². The van der Waals surface area contributed by atoms with Gasteiger partial charge in [-0.2, -0.15) is 5.10 Å². The monoisotopic (exact) mass is 250 g/mol. The smallest absolute Gasteiger partial charge is 0.244 e. The van der Waals surface area contributed by atoms with Crippen LogP contribution < -0.4 is 5.32 Å². The molecule has 18 heavy (non-hydrogen) atoms. The minimum Gasteiger partial charge on any atom is -0.357 e. The molecule has 1 aromatic rings. The molecule has 1 aromatic heterocycles. The molecule has 1 N–H and O–H groups in total. The Bertz CT molecular complexity index is 393. The number of aryl methyl sites for hydroxylation is 1. The van der Waals surface area contributed by atoms with Crippen molar-refractivity contribution in [3.8, 4) is 0 Å². The zero-order valence-corrected chi connectivity index (χ0v) is 11.2. The number of anilines is 1. The Morgan fingerprint density at radius 2 is 2.00 bits per heavy atom. The Labute approximate surface area is 108 Å². The highest BCUT2D eigenvalue weighted by Gasteiger charge is 2.21. The van der Waals surface area contributed by atoms with Crippen LogP contribution in [0.1, 0.15) is 32.6 Å². The maximum absolute atomic E-state index is 12.3. The first-order valence-corrected chi connectivity index (χ1v) is 6.72. The van der Waals surface area contributed by atoms with Gasteiger partial charge in [-0.25, -0.2) is 0 Å². The van der Waals surface area contributed by atoms with E-state index in [1.807, 2.05) is 31.1 Å². The molecule has 5 nitrogen and oxygen atoms in total. The molecule has 0 aliphatic carbocycles. The van der Waals surface area contributed by atoms with Gasteiger partial charge in [0.2, 0.25) is 5.91 Å². The highest BCUT2D eigenvalue weighted by molar-refractivity contribution is 5.84. The molecule has 1 fully saturated rings. The number of likely N-dealkylation sites (tertiary alicyclic amines) is 1. The average Bonchev–Trinajstić information content (AvgIpc) is 2.62. The van der Waals surface area contributed by atoms with E-state index in [0.29, 0.717) is 0 Å². The molecule has 1 aliphatic heterocycles. The van der Waals surface area contributed by atoms with Crippen molar-refractivity contribution in [1.29, 1.82) is 0 Å². The van der Waals surface area contributed by atoms with Gasteiger partial charge in [-0.1, -0.05) is 12.8 Å². The molecule has 100 valence electrons. The van der Waals surface area contributed by atoms with E-state index in [1.165, 1.54) is 12.8 Å². The molecular weight excluding hydrogens is 228 g/mol. The first-order valence-electron chi connectivity index (χ1n) is 6.72.